The van der Waals surface area contributed by atoms with Crippen LogP contribution in [0.1, 0.15) is 16.7 Å². The highest BCUT2D eigenvalue weighted by Crippen LogP contribution is 2.17. The van der Waals surface area contributed by atoms with Crippen LogP contribution in [0.3, 0.4) is 0 Å². The summed E-state index contributed by atoms with van der Waals surface area (Å²) in [4.78, 5) is 7.92. The van der Waals surface area contributed by atoms with Gasteiger partial charge in [-0.3, -0.25) is 4.99 Å². The van der Waals surface area contributed by atoms with Crippen LogP contribution in [0.2, 0.25) is 0 Å². The molecule has 2 aromatic rings. The molecule has 0 bridgehead atoms. The largest absolute Gasteiger partial charge is 0.468 e. The molecule has 146 valence electrons. The van der Waals surface area contributed by atoms with Gasteiger partial charge in [-0.1, -0.05) is 18.2 Å². The SMILES string of the molecule is CN=C(NCc1ccc(OCC(F)(F)F)nc1)NCc1ccc(F)c(C)c1. The van der Waals surface area contributed by atoms with Crippen molar-refractivity contribution < 1.29 is 22.3 Å². The molecule has 9 heteroatoms. The van der Waals surface area contributed by atoms with Crippen LogP contribution >= 0.6 is 0 Å². The first kappa shape index (κ1) is 20.5. The lowest BCUT2D eigenvalue weighted by atomic mass is 10.1. The molecule has 2 N–H and O–H groups in total. The second-order valence-electron chi connectivity index (χ2n) is 5.77. The standard InChI is InChI=1S/C18H20F4N4O/c1-12-7-13(3-5-15(12)19)8-25-17(23-2)26-10-14-4-6-16(24-9-14)27-11-18(20,21)22/h3-7,9H,8,10-11H2,1-2H3,(H2,23,25,26). The van der Waals surface area contributed by atoms with Crippen molar-refractivity contribution in [2.24, 2.45) is 4.99 Å². The van der Waals surface area contributed by atoms with Gasteiger partial charge in [-0.05, 0) is 29.7 Å². The molecule has 0 atom stereocenters. The molecule has 0 spiro atoms. The van der Waals surface area contributed by atoms with Crippen LogP contribution < -0.4 is 15.4 Å². The number of ether oxygens (including phenoxy) is 1. The van der Waals surface area contributed by atoms with Crippen LogP contribution in [0, 0.1) is 12.7 Å². The Morgan fingerprint density at radius 1 is 1.11 bits per heavy atom. The van der Waals surface area contributed by atoms with Crippen molar-refractivity contribution in [1.82, 2.24) is 15.6 Å². The lowest BCUT2D eigenvalue weighted by molar-refractivity contribution is -0.154. The Morgan fingerprint density at radius 3 is 2.33 bits per heavy atom. The first-order valence-electron chi connectivity index (χ1n) is 8.11. The fraction of sp³-hybridized carbons (Fsp3) is 0.333. The third-order valence-electron chi connectivity index (χ3n) is 3.55. The molecule has 27 heavy (non-hydrogen) atoms. The van der Waals surface area contributed by atoms with Gasteiger partial charge in [0.15, 0.2) is 12.6 Å². The molecular formula is C18H20F4N4O. The topological polar surface area (TPSA) is 58.5 Å². The van der Waals surface area contributed by atoms with Crippen LogP contribution in [0.4, 0.5) is 17.6 Å². The summed E-state index contributed by atoms with van der Waals surface area (Å²) in [5, 5.41) is 6.16. The Kier molecular flexibility index (Phi) is 6.98. The highest BCUT2D eigenvalue weighted by molar-refractivity contribution is 5.79. The maximum Gasteiger partial charge on any atom is 0.422 e. The van der Waals surface area contributed by atoms with E-state index in [0.717, 1.165) is 11.1 Å². The molecule has 0 fully saturated rings. The van der Waals surface area contributed by atoms with Gasteiger partial charge in [0.05, 0.1) is 0 Å². The number of alkyl halides is 3. The molecular weight excluding hydrogens is 364 g/mol. The minimum atomic E-state index is -4.40. The zero-order valence-corrected chi connectivity index (χ0v) is 14.9. The smallest absolute Gasteiger partial charge is 0.422 e. The lowest BCUT2D eigenvalue weighted by Gasteiger charge is -2.13. The number of nitrogens with zero attached hydrogens (tertiary/aromatic N) is 2. The zero-order chi connectivity index (χ0) is 19.9. The van der Waals surface area contributed by atoms with Crippen LogP contribution in [0.25, 0.3) is 0 Å². The summed E-state index contributed by atoms with van der Waals surface area (Å²) in [6.07, 6.45) is -2.97. The quantitative estimate of drug-likeness (QED) is 0.456. The van der Waals surface area contributed by atoms with Crippen molar-refractivity contribution in [2.45, 2.75) is 26.2 Å². The van der Waals surface area contributed by atoms with E-state index in [2.05, 4.69) is 25.3 Å². The normalized spacial score (nSPS) is 12.0. The number of guanidine groups is 1. The summed E-state index contributed by atoms with van der Waals surface area (Å²) >= 11 is 0. The van der Waals surface area contributed by atoms with Gasteiger partial charge in [-0.25, -0.2) is 9.37 Å². The van der Waals surface area contributed by atoms with Gasteiger partial charge < -0.3 is 15.4 Å². The van der Waals surface area contributed by atoms with Crippen LogP contribution in [-0.4, -0.2) is 30.8 Å². The van der Waals surface area contributed by atoms with Crippen molar-refractivity contribution in [1.29, 1.82) is 0 Å². The molecule has 0 radical (unpaired) electrons. The van der Waals surface area contributed by atoms with Crippen molar-refractivity contribution in [3.63, 3.8) is 0 Å². The number of aliphatic imine (C=N–C) groups is 1. The maximum atomic E-state index is 13.3. The Balaban J connectivity index is 1.82. The van der Waals surface area contributed by atoms with Crippen LogP contribution in [0.5, 0.6) is 5.88 Å². The maximum absolute atomic E-state index is 13.3. The number of rotatable bonds is 6. The van der Waals surface area contributed by atoms with E-state index in [1.807, 2.05) is 0 Å². The molecule has 0 aliphatic carbocycles. The first-order valence-corrected chi connectivity index (χ1v) is 8.11. The predicted octanol–water partition coefficient (Wildman–Crippen LogP) is 3.34. The van der Waals surface area contributed by atoms with E-state index in [9.17, 15) is 17.6 Å². The molecule has 0 amide bonds. The highest BCUT2D eigenvalue weighted by atomic mass is 19.4. The third-order valence-corrected chi connectivity index (χ3v) is 3.55. The van der Waals surface area contributed by atoms with Crippen molar-refractivity contribution >= 4 is 5.96 Å². The summed E-state index contributed by atoms with van der Waals surface area (Å²) in [5.74, 6) is 0.177. The van der Waals surface area contributed by atoms with E-state index >= 15 is 0 Å². The number of nitrogens with one attached hydrogen (secondary N) is 2. The average Bonchev–Trinajstić information content (AvgIpc) is 2.63. The Hall–Kier alpha value is -2.84. The number of benzene rings is 1. The Morgan fingerprint density at radius 2 is 1.78 bits per heavy atom. The van der Waals surface area contributed by atoms with Gasteiger partial charge in [0, 0.05) is 32.4 Å². The number of hydrogen-bond acceptors (Lipinski definition) is 3. The summed E-state index contributed by atoms with van der Waals surface area (Å²) in [6, 6.07) is 7.84. The fourth-order valence-corrected chi connectivity index (χ4v) is 2.17. The summed E-state index contributed by atoms with van der Waals surface area (Å²) in [6.45, 7) is 1.15. The van der Waals surface area contributed by atoms with E-state index in [-0.39, 0.29) is 11.7 Å². The van der Waals surface area contributed by atoms with Crippen molar-refractivity contribution in [3.8, 4) is 5.88 Å². The van der Waals surface area contributed by atoms with E-state index in [4.69, 9.17) is 0 Å². The van der Waals surface area contributed by atoms with Crippen LogP contribution in [-0.2, 0) is 13.1 Å². The summed E-state index contributed by atoms with van der Waals surface area (Å²) < 4.78 is 54.2. The number of pyridine rings is 1. The van der Waals surface area contributed by atoms with Crippen molar-refractivity contribution in [2.75, 3.05) is 13.7 Å². The molecule has 0 saturated carbocycles. The first-order chi connectivity index (χ1) is 12.8. The van der Waals surface area contributed by atoms with Gasteiger partial charge >= 0.3 is 6.18 Å². The zero-order valence-electron chi connectivity index (χ0n) is 14.9. The Labute approximate surface area is 154 Å². The Bertz CT molecular complexity index is 776. The van der Waals surface area contributed by atoms with Gasteiger partial charge in [-0.15, -0.1) is 0 Å². The molecule has 5 nitrogen and oxygen atoms in total. The van der Waals surface area contributed by atoms with Gasteiger partial charge in [0.1, 0.15) is 5.82 Å². The molecule has 2 rings (SSSR count). The molecule has 1 aromatic carbocycles. The van der Waals surface area contributed by atoms with E-state index in [0.29, 0.717) is 24.6 Å². The van der Waals surface area contributed by atoms with Crippen LogP contribution in [0.15, 0.2) is 41.5 Å². The molecule has 0 aliphatic rings. The number of aryl methyl sites for hydroxylation is 1. The van der Waals surface area contributed by atoms with E-state index < -0.39 is 12.8 Å². The van der Waals surface area contributed by atoms with Gasteiger partial charge in [0.2, 0.25) is 5.88 Å². The minimum Gasteiger partial charge on any atom is -0.468 e. The predicted molar refractivity (Wildman–Crippen MR) is 94.0 cm³/mol. The second-order valence-corrected chi connectivity index (χ2v) is 5.77. The summed E-state index contributed by atoms with van der Waals surface area (Å²) in [7, 11) is 1.61. The second kappa shape index (κ2) is 9.20. The number of hydrogen-bond donors (Lipinski definition) is 2. The van der Waals surface area contributed by atoms with Crippen molar-refractivity contribution in [3.05, 3.63) is 59.0 Å². The number of aromatic nitrogens is 1. The number of halogens is 4. The fourth-order valence-electron chi connectivity index (χ4n) is 2.17. The third kappa shape index (κ3) is 7.12. The van der Waals surface area contributed by atoms with Gasteiger partial charge in [-0.2, -0.15) is 13.2 Å². The van der Waals surface area contributed by atoms with Gasteiger partial charge in [0.25, 0.3) is 0 Å². The average molecular weight is 384 g/mol. The molecule has 0 aliphatic heterocycles. The lowest BCUT2D eigenvalue weighted by Crippen LogP contribution is -2.36. The molecule has 1 heterocycles. The molecule has 0 saturated heterocycles. The monoisotopic (exact) mass is 384 g/mol. The molecule has 1 aromatic heterocycles. The van der Waals surface area contributed by atoms with E-state index in [1.165, 1.54) is 18.3 Å². The summed E-state index contributed by atoms with van der Waals surface area (Å²) in [5.41, 5.74) is 2.22. The molecule has 0 unspecified atom stereocenters. The van der Waals surface area contributed by atoms with E-state index in [1.54, 1.807) is 32.2 Å². The minimum absolute atomic E-state index is 0.0924. The highest BCUT2D eigenvalue weighted by Gasteiger charge is 2.28.